The molecule has 0 bridgehead atoms. The minimum atomic E-state index is -3.60. The van der Waals surface area contributed by atoms with Gasteiger partial charge in [-0.3, -0.25) is 14.3 Å². The average molecular weight is 862 g/mol. The third-order valence-electron chi connectivity index (χ3n) is 11.5. The molecule has 5 atom stereocenters. The molecule has 1 aromatic heterocycles. The molecular formula is C45H62N4O9PSi+. The van der Waals surface area contributed by atoms with Crippen LogP contribution < -0.4 is 20.7 Å². The number of nitrogens with zero attached hydrogens (tertiary/aromatic N) is 3. The van der Waals surface area contributed by atoms with Crippen molar-refractivity contribution in [2.24, 2.45) is 0 Å². The summed E-state index contributed by atoms with van der Waals surface area (Å²) in [5, 5.41) is 9.55. The van der Waals surface area contributed by atoms with E-state index in [9.17, 15) is 19.7 Å². The predicted molar refractivity (Wildman–Crippen MR) is 237 cm³/mol. The maximum atomic E-state index is 13.6. The van der Waals surface area contributed by atoms with Crippen LogP contribution in [0, 0.1) is 11.3 Å². The number of aromatic amines is 1. The smallest absolute Gasteiger partial charge is 0.347 e. The van der Waals surface area contributed by atoms with Crippen molar-refractivity contribution in [2.45, 2.75) is 115 Å². The van der Waals surface area contributed by atoms with Crippen molar-refractivity contribution in [3.05, 3.63) is 129 Å². The Morgan fingerprint density at radius 2 is 1.40 bits per heavy atom. The summed E-state index contributed by atoms with van der Waals surface area (Å²) >= 11 is 0. The standard InChI is InChI=1S/C45H61N4O9PSi/c1-31(2)49(32(3)4)59(52,29-15-27-46)57-40-38(56-42(48-28-26-39(50)47-43(48)51)41(40)58-60(10,11)44(5,6)7)30-55-45(33-16-13-12-14-17-33,34-18-22-36(53-8)23-19-34)35-20-24-37(54-9)25-21-35/h12-14,16-26,28,31-32,38,40-42,52H,15,29-30H2,1-11H3/p+1/t38-,40-,41-,42-,59?/m1/s1. The van der Waals surface area contributed by atoms with Gasteiger partial charge in [0.15, 0.2) is 20.6 Å². The molecule has 2 N–H and O–H groups in total. The number of methoxy groups -OCH3 is 2. The highest BCUT2D eigenvalue weighted by Gasteiger charge is 2.60. The van der Waals surface area contributed by atoms with Gasteiger partial charge >= 0.3 is 13.6 Å². The molecule has 1 aliphatic heterocycles. The number of aromatic nitrogens is 2. The number of ether oxygens (including phenoxy) is 4. The lowest BCUT2D eigenvalue weighted by atomic mass is 9.80. The molecule has 1 saturated heterocycles. The van der Waals surface area contributed by atoms with Crippen LogP contribution >= 0.6 is 7.87 Å². The number of H-pyrrole nitrogens is 1. The molecule has 3 aromatic carbocycles. The lowest BCUT2D eigenvalue weighted by molar-refractivity contribution is -0.0945. The van der Waals surface area contributed by atoms with Crippen LogP contribution in [0.5, 0.6) is 11.5 Å². The average Bonchev–Trinajstić information content (AvgIpc) is 3.51. The Labute approximate surface area is 355 Å². The van der Waals surface area contributed by atoms with Crippen LogP contribution in [0.4, 0.5) is 0 Å². The van der Waals surface area contributed by atoms with Gasteiger partial charge < -0.3 is 23.4 Å². The summed E-state index contributed by atoms with van der Waals surface area (Å²) in [6.07, 6.45) is -2.57. The molecule has 0 saturated carbocycles. The summed E-state index contributed by atoms with van der Waals surface area (Å²) in [5.41, 5.74) is -0.0844. The van der Waals surface area contributed by atoms with E-state index in [4.69, 9.17) is 27.9 Å². The van der Waals surface area contributed by atoms with Gasteiger partial charge in [0.1, 0.15) is 35.5 Å². The molecule has 2 heterocycles. The van der Waals surface area contributed by atoms with Crippen molar-refractivity contribution in [2.75, 3.05) is 27.0 Å². The van der Waals surface area contributed by atoms with Gasteiger partial charge in [0.2, 0.25) is 0 Å². The molecular weight excluding hydrogens is 800 g/mol. The van der Waals surface area contributed by atoms with Crippen molar-refractivity contribution in [1.82, 2.24) is 14.2 Å². The Bertz CT molecular complexity index is 2110. The third-order valence-corrected chi connectivity index (χ3v) is 19.0. The maximum Gasteiger partial charge on any atom is 0.347 e. The summed E-state index contributed by atoms with van der Waals surface area (Å²) in [6.45, 7) is 18.3. The molecule has 1 fully saturated rings. The topological polar surface area (TPSA) is 158 Å². The molecule has 0 amide bonds. The molecule has 4 aromatic rings. The van der Waals surface area contributed by atoms with Gasteiger partial charge in [0.05, 0.1) is 33.3 Å². The van der Waals surface area contributed by atoms with Crippen LogP contribution in [0.15, 0.2) is 101 Å². The minimum Gasteiger partial charge on any atom is -0.497 e. The largest absolute Gasteiger partial charge is 0.497 e. The SMILES string of the molecule is COc1ccc(C(OC[C@H]2O[C@@H](n3ccc(=O)[nH]c3=O)[C@H](O[Si](C)(C)C(C)(C)C)[C@@H]2O[P+](O)(CCC#N)N(C(C)C)C(C)C)(c2ccccc2)c2ccc(OC)cc2)cc1. The zero-order valence-electron chi connectivity index (χ0n) is 36.7. The molecule has 0 spiro atoms. The fourth-order valence-electron chi connectivity index (χ4n) is 7.68. The highest BCUT2D eigenvalue weighted by molar-refractivity contribution is 7.63. The number of nitriles is 1. The van der Waals surface area contributed by atoms with Crippen LogP contribution in [0.3, 0.4) is 0 Å². The molecule has 1 aliphatic rings. The molecule has 0 radical (unpaired) electrons. The number of nitrogens with one attached hydrogen (secondary N) is 1. The highest BCUT2D eigenvalue weighted by Crippen LogP contribution is 2.64. The Kier molecular flexibility index (Phi) is 15.1. The molecule has 0 aliphatic carbocycles. The molecule has 1 unspecified atom stereocenters. The van der Waals surface area contributed by atoms with Crippen LogP contribution in [0.1, 0.15) is 77.8 Å². The van der Waals surface area contributed by atoms with Crippen LogP contribution in [0.25, 0.3) is 0 Å². The van der Waals surface area contributed by atoms with Gasteiger partial charge in [0.25, 0.3) is 5.56 Å². The second-order valence-corrected chi connectivity index (χ2v) is 24.4. The third kappa shape index (κ3) is 9.96. The molecule has 324 valence electrons. The molecule has 13 nitrogen and oxygen atoms in total. The second-order valence-electron chi connectivity index (χ2n) is 17.2. The van der Waals surface area contributed by atoms with Gasteiger partial charge in [0, 0.05) is 24.3 Å². The first kappa shape index (κ1) is 46.9. The van der Waals surface area contributed by atoms with Gasteiger partial charge in [-0.25, -0.2) is 9.69 Å². The van der Waals surface area contributed by atoms with E-state index in [0.717, 1.165) is 16.7 Å². The highest BCUT2D eigenvalue weighted by atomic mass is 31.2. The van der Waals surface area contributed by atoms with Gasteiger partial charge in [-0.15, -0.1) is 4.67 Å². The zero-order chi connectivity index (χ0) is 44.0. The monoisotopic (exact) mass is 861 g/mol. The summed E-state index contributed by atoms with van der Waals surface area (Å²) in [5.74, 6) is 1.34. The number of hydrogen-bond acceptors (Lipinski definition) is 11. The summed E-state index contributed by atoms with van der Waals surface area (Å²) < 4.78 is 43.0. The van der Waals surface area contributed by atoms with Gasteiger partial charge in [-0.1, -0.05) is 75.4 Å². The first-order chi connectivity index (χ1) is 28.3. The summed E-state index contributed by atoms with van der Waals surface area (Å²) in [6, 6.07) is 28.4. The predicted octanol–water partition coefficient (Wildman–Crippen LogP) is 8.02. The van der Waals surface area contributed by atoms with E-state index in [1.807, 2.05) is 111 Å². The first-order valence-corrected chi connectivity index (χ1v) is 25.1. The molecule has 5 rings (SSSR count). The van der Waals surface area contributed by atoms with E-state index in [-0.39, 0.29) is 36.3 Å². The number of rotatable bonds is 18. The Morgan fingerprint density at radius 3 is 1.87 bits per heavy atom. The van der Waals surface area contributed by atoms with Gasteiger partial charge in [-0.05, 0) is 86.8 Å². The van der Waals surface area contributed by atoms with E-state index in [2.05, 4.69) is 44.9 Å². The number of hydrogen-bond donors (Lipinski definition) is 2. The Morgan fingerprint density at radius 1 is 0.867 bits per heavy atom. The van der Waals surface area contributed by atoms with Crippen LogP contribution in [0.2, 0.25) is 18.1 Å². The van der Waals surface area contributed by atoms with Crippen molar-refractivity contribution in [3.63, 3.8) is 0 Å². The lowest BCUT2D eigenvalue weighted by Crippen LogP contribution is -2.51. The number of benzene rings is 3. The van der Waals surface area contributed by atoms with Crippen molar-refractivity contribution in [3.8, 4) is 17.6 Å². The van der Waals surface area contributed by atoms with E-state index in [1.165, 1.54) is 16.8 Å². The quantitative estimate of drug-likeness (QED) is 0.0567. The van der Waals surface area contributed by atoms with Crippen molar-refractivity contribution in [1.29, 1.82) is 5.26 Å². The Balaban J connectivity index is 1.76. The Hall–Kier alpha value is -4.16. The van der Waals surface area contributed by atoms with E-state index in [1.54, 1.807) is 14.2 Å². The first-order valence-electron chi connectivity index (χ1n) is 20.4. The fraction of sp³-hybridized carbons (Fsp3) is 0.489. The lowest BCUT2D eigenvalue weighted by Gasteiger charge is -2.42. The second kappa shape index (κ2) is 19.3. The van der Waals surface area contributed by atoms with Crippen molar-refractivity contribution >= 4 is 16.2 Å². The van der Waals surface area contributed by atoms with Crippen LogP contribution in [-0.2, 0) is 24.0 Å². The van der Waals surface area contributed by atoms with Crippen LogP contribution in [-0.4, -0.2) is 84.8 Å². The fourth-order valence-corrected chi connectivity index (χ4v) is 11.9. The summed E-state index contributed by atoms with van der Waals surface area (Å²) in [7, 11) is -3.06. The van der Waals surface area contributed by atoms with E-state index < -0.39 is 57.6 Å². The minimum absolute atomic E-state index is 0.0393. The normalized spacial score (nSPS) is 19.7. The van der Waals surface area contributed by atoms with Crippen molar-refractivity contribution < 1.29 is 32.8 Å². The van der Waals surface area contributed by atoms with Gasteiger partial charge in [-0.2, -0.15) is 9.79 Å². The summed E-state index contributed by atoms with van der Waals surface area (Å²) in [4.78, 5) is 41.3. The zero-order valence-corrected chi connectivity index (χ0v) is 38.6. The molecule has 15 heteroatoms. The van der Waals surface area contributed by atoms with E-state index in [0.29, 0.717) is 11.5 Å². The maximum absolute atomic E-state index is 13.6. The molecule has 60 heavy (non-hydrogen) atoms. The van der Waals surface area contributed by atoms with E-state index >= 15 is 0 Å².